The molecule has 1 saturated heterocycles. The van der Waals surface area contributed by atoms with Crippen molar-refractivity contribution in [3.8, 4) is 0 Å². The second kappa shape index (κ2) is 7.16. The van der Waals surface area contributed by atoms with Crippen LogP contribution in [0.2, 0.25) is 0 Å². The van der Waals surface area contributed by atoms with Crippen molar-refractivity contribution in [3.05, 3.63) is 18.2 Å². The van der Waals surface area contributed by atoms with Crippen molar-refractivity contribution < 1.29 is 4.74 Å². The van der Waals surface area contributed by atoms with Crippen molar-refractivity contribution in [2.45, 2.75) is 31.9 Å². The summed E-state index contributed by atoms with van der Waals surface area (Å²) in [5.41, 5.74) is 0. The molecule has 1 aromatic heterocycles. The third-order valence-corrected chi connectivity index (χ3v) is 4.38. The number of likely N-dealkylation sites (N-methyl/N-ethyl adjacent to an activating group) is 1. The molecule has 1 aromatic rings. The zero-order valence-electron chi connectivity index (χ0n) is 11.3. The normalized spacial score (nSPS) is 22.0. The van der Waals surface area contributed by atoms with Crippen molar-refractivity contribution in [2.24, 2.45) is 7.05 Å². The smallest absolute Gasteiger partial charge is 0.108 e. The number of rotatable bonds is 6. The van der Waals surface area contributed by atoms with Gasteiger partial charge in [0.05, 0.1) is 12.7 Å². The van der Waals surface area contributed by atoms with Gasteiger partial charge in [0.1, 0.15) is 5.82 Å². The summed E-state index contributed by atoms with van der Waals surface area (Å²) in [5.74, 6) is 3.40. The Morgan fingerprint density at radius 1 is 1.67 bits per heavy atom. The Morgan fingerprint density at radius 3 is 3.17 bits per heavy atom. The fourth-order valence-corrected chi connectivity index (χ4v) is 3.28. The third-order valence-electron chi connectivity index (χ3n) is 3.36. The number of nitrogens with zero attached hydrogens (tertiary/aromatic N) is 2. The topological polar surface area (TPSA) is 39.1 Å². The summed E-state index contributed by atoms with van der Waals surface area (Å²) in [6.45, 7) is 4.04. The molecule has 102 valence electrons. The Morgan fingerprint density at radius 2 is 2.56 bits per heavy atom. The highest BCUT2D eigenvalue weighted by atomic mass is 32.2. The molecule has 5 heteroatoms. The first-order valence-electron chi connectivity index (χ1n) is 6.70. The summed E-state index contributed by atoms with van der Waals surface area (Å²) in [7, 11) is 2.05. The number of hydrogen-bond donors (Lipinski definition) is 1. The van der Waals surface area contributed by atoms with Crippen LogP contribution in [0, 0.1) is 0 Å². The fraction of sp³-hybridized carbons (Fsp3) is 0.769. The predicted molar refractivity (Wildman–Crippen MR) is 76.1 cm³/mol. The molecule has 2 rings (SSSR count). The van der Waals surface area contributed by atoms with E-state index < -0.39 is 0 Å². The van der Waals surface area contributed by atoms with E-state index in [0.29, 0.717) is 12.1 Å². The van der Waals surface area contributed by atoms with Crippen LogP contribution in [0.15, 0.2) is 12.4 Å². The number of imidazole rings is 1. The number of nitrogens with one attached hydrogen (secondary N) is 1. The Hall–Kier alpha value is -0.520. The van der Waals surface area contributed by atoms with Crippen LogP contribution in [0.4, 0.5) is 0 Å². The summed E-state index contributed by atoms with van der Waals surface area (Å²) in [5, 5.41) is 3.56. The van der Waals surface area contributed by atoms with E-state index in [1.807, 2.05) is 24.2 Å². The van der Waals surface area contributed by atoms with Gasteiger partial charge in [-0.1, -0.05) is 6.92 Å². The molecule has 0 aliphatic carbocycles. The number of hydrogen-bond acceptors (Lipinski definition) is 4. The lowest BCUT2D eigenvalue weighted by molar-refractivity contribution is 0.0451. The van der Waals surface area contributed by atoms with Crippen molar-refractivity contribution in [1.82, 2.24) is 14.9 Å². The van der Waals surface area contributed by atoms with Crippen LogP contribution in [-0.2, 0) is 18.2 Å². The Kier molecular flexibility index (Phi) is 5.53. The van der Waals surface area contributed by atoms with E-state index in [9.17, 15) is 0 Å². The maximum atomic E-state index is 5.88. The molecule has 1 aliphatic heterocycles. The zero-order chi connectivity index (χ0) is 12.8. The van der Waals surface area contributed by atoms with E-state index in [4.69, 9.17) is 4.74 Å². The maximum absolute atomic E-state index is 5.88. The lowest BCUT2D eigenvalue weighted by Crippen LogP contribution is -2.45. The standard InChI is InChI=1S/C13H23N3OS/c1-3-14-11(12-10-18-9-8-17-12)4-5-13-15-6-7-16(13)2/h6-7,11-12,14H,3-5,8-10H2,1-2H3. The molecule has 0 spiro atoms. The first-order chi connectivity index (χ1) is 8.81. The summed E-state index contributed by atoms with van der Waals surface area (Å²) in [6.07, 6.45) is 6.31. The Balaban J connectivity index is 1.87. The molecule has 0 bridgehead atoms. The number of ether oxygens (including phenoxy) is 1. The van der Waals surface area contributed by atoms with Gasteiger partial charge >= 0.3 is 0 Å². The van der Waals surface area contributed by atoms with E-state index in [1.165, 1.54) is 0 Å². The molecular formula is C13H23N3OS. The zero-order valence-corrected chi connectivity index (χ0v) is 12.1. The van der Waals surface area contributed by atoms with Gasteiger partial charge in [-0.25, -0.2) is 4.98 Å². The summed E-state index contributed by atoms with van der Waals surface area (Å²) in [6, 6.07) is 0.444. The number of aromatic nitrogens is 2. The molecule has 1 N–H and O–H groups in total. The van der Waals surface area contributed by atoms with Gasteiger partial charge in [0.2, 0.25) is 0 Å². The maximum Gasteiger partial charge on any atom is 0.108 e. The molecule has 2 heterocycles. The number of thioether (sulfide) groups is 1. The molecular weight excluding hydrogens is 246 g/mol. The predicted octanol–water partition coefficient (Wildman–Crippen LogP) is 1.46. The van der Waals surface area contributed by atoms with Crippen molar-refractivity contribution in [2.75, 3.05) is 24.7 Å². The first-order valence-corrected chi connectivity index (χ1v) is 7.85. The van der Waals surface area contributed by atoms with E-state index >= 15 is 0 Å². The van der Waals surface area contributed by atoms with Crippen LogP contribution < -0.4 is 5.32 Å². The minimum Gasteiger partial charge on any atom is -0.375 e. The SMILES string of the molecule is CCNC(CCc1nccn1C)C1CSCCO1. The van der Waals surface area contributed by atoms with E-state index in [1.54, 1.807) is 0 Å². The average Bonchev–Trinajstić information content (AvgIpc) is 2.81. The molecule has 1 fully saturated rings. The number of aryl methyl sites for hydroxylation is 2. The minimum atomic E-state index is 0.351. The van der Waals surface area contributed by atoms with Crippen LogP contribution in [0.3, 0.4) is 0 Å². The fourth-order valence-electron chi connectivity index (χ4n) is 2.34. The van der Waals surface area contributed by atoms with Crippen molar-refractivity contribution in [3.63, 3.8) is 0 Å². The summed E-state index contributed by atoms with van der Waals surface area (Å²) in [4.78, 5) is 4.38. The van der Waals surface area contributed by atoms with Crippen LogP contribution in [-0.4, -0.2) is 46.4 Å². The van der Waals surface area contributed by atoms with Gasteiger partial charge in [-0.2, -0.15) is 11.8 Å². The monoisotopic (exact) mass is 269 g/mol. The quantitative estimate of drug-likeness (QED) is 0.849. The van der Waals surface area contributed by atoms with Crippen LogP contribution >= 0.6 is 11.8 Å². The molecule has 2 unspecified atom stereocenters. The van der Waals surface area contributed by atoms with Gasteiger partial charge in [-0.3, -0.25) is 0 Å². The second-order valence-corrected chi connectivity index (χ2v) is 5.79. The largest absolute Gasteiger partial charge is 0.375 e. The van der Waals surface area contributed by atoms with Crippen LogP contribution in [0.5, 0.6) is 0 Å². The van der Waals surface area contributed by atoms with Crippen LogP contribution in [0.1, 0.15) is 19.2 Å². The Labute approximate surface area is 114 Å². The van der Waals surface area contributed by atoms with Gasteiger partial charge in [0.25, 0.3) is 0 Å². The first kappa shape index (κ1) is 13.9. The van der Waals surface area contributed by atoms with Crippen molar-refractivity contribution >= 4 is 11.8 Å². The van der Waals surface area contributed by atoms with Gasteiger partial charge in [0, 0.05) is 43.4 Å². The van der Waals surface area contributed by atoms with Crippen molar-refractivity contribution in [1.29, 1.82) is 0 Å². The van der Waals surface area contributed by atoms with Gasteiger partial charge in [-0.15, -0.1) is 0 Å². The highest BCUT2D eigenvalue weighted by Gasteiger charge is 2.24. The molecule has 4 nitrogen and oxygen atoms in total. The molecule has 1 aliphatic rings. The summed E-state index contributed by atoms with van der Waals surface area (Å²) >= 11 is 2.00. The van der Waals surface area contributed by atoms with Gasteiger partial charge in [-0.05, 0) is 13.0 Å². The van der Waals surface area contributed by atoms with Crippen LogP contribution in [0.25, 0.3) is 0 Å². The Bertz CT molecular complexity index is 350. The minimum absolute atomic E-state index is 0.351. The van der Waals surface area contributed by atoms with Gasteiger partial charge < -0.3 is 14.6 Å². The molecule has 18 heavy (non-hydrogen) atoms. The van der Waals surface area contributed by atoms with E-state index in [2.05, 4.69) is 28.8 Å². The van der Waals surface area contributed by atoms with Gasteiger partial charge in [0.15, 0.2) is 0 Å². The lowest BCUT2D eigenvalue weighted by Gasteiger charge is -2.30. The van der Waals surface area contributed by atoms with E-state index in [-0.39, 0.29) is 0 Å². The van der Waals surface area contributed by atoms with E-state index in [0.717, 1.165) is 43.3 Å². The average molecular weight is 269 g/mol. The highest BCUT2D eigenvalue weighted by Crippen LogP contribution is 2.18. The molecule has 0 aromatic carbocycles. The molecule has 0 saturated carbocycles. The lowest BCUT2D eigenvalue weighted by atomic mass is 10.1. The summed E-state index contributed by atoms with van der Waals surface area (Å²) < 4.78 is 7.98. The highest BCUT2D eigenvalue weighted by molar-refractivity contribution is 7.99. The molecule has 0 amide bonds. The molecule has 2 atom stereocenters. The third kappa shape index (κ3) is 3.73. The molecule has 0 radical (unpaired) electrons. The second-order valence-electron chi connectivity index (χ2n) is 4.64.